The fraction of sp³-hybridized carbons (Fsp3) is 0.235. The van der Waals surface area contributed by atoms with E-state index in [2.05, 4.69) is 18.0 Å². The summed E-state index contributed by atoms with van der Waals surface area (Å²) < 4.78 is 0. The summed E-state index contributed by atoms with van der Waals surface area (Å²) in [7, 11) is 0. The summed E-state index contributed by atoms with van der Waals surface area (Å²) in [6, 6.07) is 8.05. The number of amides is 1. The molecule has 0 aliphatic heterocycles. The second kappa shape index (κ2) is 5.70. The average Bonchev–Trinajstić information content (AvgIpc) is 2.72. The van der Waals surface area contributed by atoms with E-state index in [1.165, 1.54) is 0 Å². The molecule has 2 rings (SSSR count). The molecule has 1 atom stereocenters. The summed E-state index contributed by atoms with van der Waals surface area (Å²) in [6.07, 6.45) is 5.82. The number of nitrogens with one attached hydrogen (secondary N) is 1. The van der Waals surface area contributed by atoms with E-state index in [-0.39, 0.29) is 11.8 Å². The Morgan fingerprint density at radius 3 is 2.79 bits per heavy atom. The third-order valence-corrected chi connectivity index (χ3v) is 3.35. The van der Waals surface area contributed by atoms with E-state index in [1.807, 2.05) is 50.3 Å². The van der Waals surface area contributed by atoms with E-state index in [0.29, 0.717) is 6.54 Å². The second-order valence-electron chi connectivity index (χ2n) is 4.49. The van der Waals surface area contributed by atoms with Gasteiger partial charge in [0.25, 0.3) is 0 Å². The minimum absolute atomic E-state index is 0.0555. The van der Waals surface area contributed by atoms with Gasteiger partial charge in [-0.3, -0.25) is 4.79 Å². The summed E-state index contributed by atoms with van der Waals surface area (Å²) in [6.45, 7) is 8.43. The molecule has 0 aromatic heterocycles. The van der Waals surface area contributed by atoms with Gasteiger partial charge in [0.05, 0.1) is 5.92 Å². The highest BCUT2D eigenvalue weighted by atomic mass is 16.1. The predicted molar refractivity (Wildman–Crippen MR) is 79.8 cm³/mol. The van der Waals surface area contributed by atoms with Crippen LogP contribution in [-0.4, -0.2) is 12.5 Å². The van der Waals surface area contributed by atoms with Crippen molar-refractivity contribution < 1.29 is 4.79 Å². The number of fused-ring (bicyclic) bond motifs is 1. The van der Waals surface area contributed by atoms with Crippen LogP contribution >= 0.6 is 0 Å². The van der Waals surface area contributed by atoms with Crippen molar-refractivity contribution in [3.05, 3.63) is 65.8 Å². The van der Waals surface area contributed by atoms with Crippen LogP contribution < -0.4 is 5.32 Å². The van der Waals surface area contributed by atoms with Crippen LogP contribution in [0.3, 0.4) is 0 Å². The van der Waals surface area contributed by atoms with Crippen LogP contribution in [0.1, 0.15) is 30.9 Å². The van der Waals surface area contributed by atoms with Gasteiger partial charge < -0.3 is 5.32 Å². The molecule has 1 aliphatic rings. The quantitative estimate of drug-likeness (QED) is 0.875. The zero-order valence-corrected chi connectivity index (χ0v) is 11.4. The van der Waals surface area contributed by atoms with Crippen LogP contribution in [0.5, 0.6) is 0 Å². The number of likely N-dealkylation sites (N-methyl/N-ethyl adjacent to an activating group) is 1. The van der Waals surface area contributed by atoms with Gasteiger partial charge in [-0.15, -0.1) is 0 Å². The molecule has 0 spiro atoms. The lowest BCUT2D eigenvalue weighted by Crippen LogP contribution is -2.29. The van der Waals surface area contributed by atoms with Gasteiger partial charge in [-0.05, 0) is 36.1 Å². The lowest BCUT2D eigenvalue weighted by molar-refractivity contribution is -0.121. The van der Waals surface area contributed by atoms with Gasteiger partial charge in [0.2, 0.25) is 5.91 Å². The first-order chi connectivity index (χ1) is 9.24. The SMILES string of the molecule is C=CC1=C(/C=C\C)C(C(=O)NCC)c2ccccc21. The van der Waals surface area contributed by atoms with Gasteiger partial charge in [0.1, 0.15) is 0 Å². The highest BCUT2D eigenvalue weighted by Gasteiger charge is 2.33. The molecule has 0 heterocycles. The third kappa shape index (κ3) is 2.26. The normalized spacial score (nSPS) is 17.7. The van der Waals surface area contributed by atoms with Crippen molar-refractivity contribution in [3.8, 4) is 0 Å². The molecule has 0 saturated heterocycles. The number of allylic oxidation sites excluding steroid dienone is 4. The molecule has 2 nitrogen and oxygen atoms in total. The molecule has 98 valence electrons. The van der Waals surface area contributed by atoms with Crippen molar-refractivity contribution in [2.75, 3.05) is 6.54 Å². The van der Waals surface area contributed by atoms with E-state index in [0.717, 1.165) is 22.3 Å². The number of benzene rings is 1. The maximum atomic E-state index is 12.3. The van der Waals surface area contributed by atoms with Crippen molar-refractivity contribution in [2.24, 2.45) is 0 Å². The van der Waals surface area contributed by atoms with Crippen molar-refractivity contribution in [2.45, 2.75) is 19.8 Å². The van der Waals surface area contributed by atoms with Crippen molar-refractivity contribution in [1.82, 2.24) is 5.32 Å². The number of hydrogen-bond donors (Lipinski definition) is 1. The minimum atomic E-state index is -0.222. The van der Waals surface area contributed by atoms with Crippen LogP contribution in [-0.2, 0) is 4.79 Å². The lowest BCUT2D eigenvalue weighted by Gasteiger charge is -2.14. The Bertz CT molecular complexity index is 566. The number of carbonyl (C=O) groups excluding carboxylic acids is 1. The van der Waals surface area contributed by atoms with Gasteiger partial charge in [-0.2, -0.15) is 0 Å². The molecule has 1 amide bonds. The molecule has 1 aromatic rings. The topological polar surface area (TPSA) is 29.1 Å². The largest absolute Gasteiger partial charge is 0.356 e. The second-order valence-corrected chi connectivity index (χ2v) is 4.49. The van der Waals surface area contributed by atoms with Gasteiger partial charge in [0, 0.05) is 6.54 Å². The highest BCUT2D eigenvalue weighted by Crippen LogP contribution is 2.43. The molecule has 1 unspecified atom stereocenters. The molecule has 1 N–H and O–H groups in total. The monoisotopic (exact) mass is 253 g/mol. The van der Waals surface area contributed by atoms with Crippen LogP contribution in [0.2, 0.25) is 0 Å². The molecule has 0 bridgehead atoms. The first-order valence-electron chi connectivity index (χ1n) is 6.60. The zero-order chi connectivity index (χ0) is 13.8. The number of hydrogen-bond acceptors (Lipinski definition) is 1. The Kier molecular flexibility index (Phi) is 4.00. The number of carbonyl (C=O) groups is 1. The number of rotatable bonds is 4. The zero-order valence-electron chi connectivity index (χ0n) is 11.4. The molecule has 0 fully saturated rings. The van der Waals surface area contributed by atoms with Gasteiger partial charge in [-0.25, -0.2) is 0 Å². The summed E-state index contributed by atoms with van der Waals surface area (Å²) in [5.41, 5.74) is 4.27. The van der Waals surface area contributed by atoms with E-state index in [4.69, 9.17) is 0 Å². The molecular formula is C17H19NO. The Morgan fingerprint density at radius 1 is 1.42 bits per heavy atom. The van der Waals surface area contributed by atoms with Crippen molar-refractivity contribution in [1.29, 1.82) is 0 Å². The molecule has 0 radical (unpaired) electrons. The average molecular weight is 253 g/mol. The highest BCUT2D eigenvalue weighted by molar-refractivity contribution is 5.98. The third-order valence-electron chi connectivity index (χ3n) is 3.35. The fourth-order valence-corrected chi connectivity index (χ4v) is 2.62. The van der Waals surface area contributed by atoms with Crippen LogP contribution in [0.4, 0.5) is 0 Å². The molecular weight excluding hydrogens is 234 g/mol. The Morgan fingerprint density at radius 2 is 2.16 bits per heavy atom. The molecule has 0 saturated carbocycles. The van der Waals surface area contributed by atoms with Gasteiger partial charge in [0.15, 0.2) is 0 Å². The van der Waals surface area contributed by atoms with Gasteiger partial charge in [-0.1, -0.05) is 49.1 Å². The first kappa shape index (κ1) is 13.3. The molecule has 2 heteroatoms. The van der Waals surface area contributed by atoms with Crippen LogP contribution in [0.15, 0.2) is 54.6 Å². The van der Waals surface area contributed by atoms with Crippen molar-refractivity contribution in [3.63, 3.8) is 0 Å². The van der Waals surface area contributed by atoms with E-state index < -0.39 is 0 Å². The van der Waals surface area contributed by atoms with E-state index in [1.54, 1.807) is 0 Å². The maximum Gasteiger partial charge on any atom is 0.232 e. The van der Waals surface area contributed by atoms with Gasteiger partial charge >= 0.3 is 0 Å². The molecule has 1 aliphatic carbocycles. The van der Waals surface area contributed by atoms with Crippen LogP contribution in [0, 0.1) is 0 Å². The lowest BCUT2D eigenvalue weighted by atomic mass is 9.94. The summed E-state index contributed by atoms with van der Waals surface area (Å²) >= 11 is 0. The summed E-state index contributed by atoms with van der Waals surface area (Å²) in [4.78, 5) is 12.3. The Balaban J connectivity index is 2.59. The Labute approximate surface area is 114 Å². The molecule has 19 heavy (non-hydrogen) atoms. The standard InChI is InChI=1S/C17H19NO/c1-4-9-14-12(5-2)13-10-7-8-11-15(13)16(14)17(19)18-6-3/h4-5,7-11,16H,2,6H2,1,3H3,(H,18,19)/b9-4-. The smallest absolute Gasteiger partial charge is 0.232 e. The van der Waals surface area contributed by atoms with Crippen molar-refractivity contribution >= 4 is 11.5 Å². The first-order valence-corrected chi connectivity index (χ1v) is 6.60. The Hall–Kier alpha value is -2.09. The minimum Gasteiger partial charge on any atom is -0.356 e. The van der Waals surface area contributed by atoms with E-state index in [9.17, 15) is 4.79 Å². The summed E-state index contributed by atoms with van der Waals surface area (Å²) in [5.74, 6) is -0.166. The predicted octanol–water partition coefficient (Wildman–Crippen LogP) is 3.44. The van der Waals surface area contributed by atoms with E-state index >= 15 is 0 Å². The fourth-order valence-electron chi connectivity index (χ4n) is 2.62. The maximum absolute atomic E-state index is 12.3. The summed E-state index contributed by atoms with van der Waals surface area (Å²) in [5, 5.41) is 2.92. The van der Waals surface area contributed by atoms with Crippen LogP contribution in [0.25, 0.3) is 5.57 Å². The molecule has 1 aromatic carbocycles.